The van der Waals surface area contributed by atoms with Crippen LogP contribution in [0, 0.1) is 0 Å². The van der Waals surface area contributed by atoms with Gasteiger partial charge in [0.2, 0.25) is 0 Å². The van der Waals surface area contributed by atoms with E-state index in [9.17, 15) is 5.11 Å². The highest BCUT2D eigenvalue weighted by Crippen LogP contribution is 2.27. The summed E-state index contributed by atoms with van der Waals surface area (Å²) in [6.45, 7) is 0.0828. The number of fused-ring (bicyclic) bond motifs is 1. The molecule has 2 nitrogen and oxygen atoms in total. The van der Waals surface area contributed by atoms with E-state index in [4.69, 9.17) is 0 Å². The van der Waals surface area contributed by atoms with Crippen LogP contribution in [-0.4, -0.2) is 11.1 Å². The second-order valence-corrected chi connectivity index (χ2v) is 6.23. The number of hydrogen-bond donors (Lipinski definition) is 2. The summed E-state index contributed by atoms with van der Waals surface area (Å²) in [6.07, 6.45) is 3.28. The molecule has 0 bridgehead atoms. The molecule has 3 rings (SSSR count). The summed E-state index contributed by atoms with van der Waals surface area (Å²) in [4.78, 5) is 0. The monoisotopic (exact) mass is 331 g/mol. The Kier molecular flexibility index (Phi) is 4.08. The highest BCUT2D eigenvalue weighted by molar-refractivity contribution is 9.10. The van der Waals surface area contributed by atoms with E-state index in [2.05, 4.69) is 39.4 Å². The SMILES string of the molecule is OCc1ccccc1NC1CCc2cc(Br)ccc2C1. The summed E-state index contributed by atoms with van der Waals surface area (Å²) >= 11 is 3.53. The fourth-order valence-corrected chi connectivity index (χ4v) is 3.27. The van der Waals surface area contributed by atoms with Crippen LogP contribution in [-0.2, 0) is 19.4 Å². The third kappa shape index (κ3) is 2.89. The summed E-state index contributed by atoms with van der Waals surface area (Å²) in [7, 11) is 0. The van der Waals surface area contributed by atoms with Crippen molar-refractivity contribution in [1.29, 1.82) is 0 Å². The minimum absolute atomic E-state index is 0.0828. The molecule has 3 heteroatoms. The second kappa shape index (κ2) is 5.98. The molecule has 0 amide bonds. The molecule has 20 heavy (non-hydrogen) atoms. The number of aryl methyl sites for hydroxylation is 1. The van der Waals surface area contributed by atoms with Gasteiger partial charge in [0.05, 0.1) is 6.61 Å². The number of anilines is 1. The zero-order valence-electron chi connectivity index (χ0n) is 11.3. The molecule has 1 aliphatic rings. The minimum atomic E-state index is 0.0828. The van der Waals surface area contributed by atoms with Crippen molar-refractivity contribution in [2.75, 3.05) is 5.32 Å². The standard InChI is InChI=1S/C17H18BrNO/c18-15-7-5-13-10-16(8-6-12(13)9-15)19-17-4-2-1-3-14(17)11-20/h1-5,7,9,16,19-20H,6,8,10-11H2. The van der Waals surface area contributed by atoms with Gasteiger partial charge in [-0.2, -0.15) is 0 Å². The van der Waals surface area contributed by atoms with E-state index >= 15 is 0 Å². The summed E-state index contributed by atoms with van der Waals surface area (Å²) in [5.41, 5.74) is 4.90. The zero-order chi connectivity index (χ0) is 13.9. The van der Waals surface area contributed by atoms with Crippen LogP contribution in [0.15, 0.2) is 46.9 Å². The number of rotatable bonds is 3. The van der Waals surface area contributed by atoms with Crippen molar-refractivity contribution in [2.45, 2.75) is 31.9 Å². The average Bonchev–Trinajstić information content (AvgIpc) is 2.48. The second-order valence-electron chi connectivity index (χ2n) is 5.31. The fraction of sp³-hybridized carbons (Fsp3) is 0.294. The number of aliphatic hydroxyl groups is 1. The van der Waals surface area contributed by atoms with Gasteiger partial charge in [-0.05, 0) is 48.6 Å². The van der Waals surface area contributed by atoms with Crippen LogP contribution in [0.5, 0.6) is 0 Å². The lowest BCUT2D eigenvalue weighted by Gasteiger charge is -2.27. The van der Waals surface area contributed by atoms with Crippen molar-refractivity contribution in [3.8, 4) is 0 Å². The van der Waals surface area contributed by atoms with E-state index in [1.807, 2.05) is 24.3 Å². The molecule has 0 aliphatic heterocycles. The quantitative estimate of drug-likeness (QED) is 0.893. The average molecular weight is 332 g/mol. The molecule has 0 spiro atoms. The minimum Gasteiger partial charge on any atom is -0.392 e. The Morgan fingerprint density at radius 3 is 2.85 bits per heavy atom. The van der Waals surface area contributed by atoms with Crippen LogP contribution in [0.4, 0.5) is 5.69 Å². The van der Waals surface area contributed by atoms with E-state index < -0.39 is 0 Å². The molecule has 0 fully saturated rings. The van der Waals surface area contributed by atoms with Crippen LogP contribution in [0.25, 0.3) is 0 Å². The predicted octanol–water partition coefficient (Wildman–Crippen LogP) is 3.91. The van der Waals surface area contributed by atoms with Crippen molar-refractivity contribution in [2.24, 2.45) is 0 Å². The zero-order valence-corrected chi connectivity index (χ0v) is 12.9. The van der Waals surface area contributed by atoms with Crippen LogP contribution in [0.2, 0.25) is 0 Å². The Bertz CT molecular complexity index is 612. The van der Waals surface area contributed by atoms with E-state index in [-0.39, 0.29) is 6.61 Å². The van der Waals surface area contributed by atoms with E-state index in [1.165, 1.54) is 11.1 Å². The topological polar surface area (TPSA) is 32.3 Å². The number of para-hydroxylation sites is 1. The molecule has 0 aromatic heterocycles. The normalized spacial score (nSPS) is 17.6. The molecule has 2 aromatic carbocycles. The number of aliphatic hydroxyl groups excluding tert-OH is 1. The Morgan fingerprint density at radius 2 is 2.00 bits per heavy atom. The number of nitrogens with one attached hydrogen (secondary N) is 1. The van der Waals surface area contributed by atoms with Gasteiger partial charge in [-0.1, -0.05) is 40.2 Å². The molecular formula is C17H18BrNO. The van der Waals surface area contributed by atoms with Crippen LogP contribution >= 0.6 is 15.9 Å². The van der Waals surface area contributed by atoms with Gasteiger partial charge in [0.15, 0.2) is 0 Å². The lowest BCUT2D eigenvalue weighted by molar-refractivity contribution is 0.282. The molecule has 0 saturated heterocycles. The third-order valence-corrected chi connectivity index (χ3v) is 4.44. The first-order valence-electron chi connectivity index (χ1n) is 6.99. The molecule has 1 aliphatic carbocycles. The third-order valence-electron chi connectivity index (χ3n) is 3.94. The van der Waals surface area contributed by atoms with Gasteiger partial charge in [0, 0.05) is 21.8 Å². The van der Waals surface area contributed by atoms with Crippen LogP contribution < -0.4 is 5.32 Å². The van der Waals surface area contributed by atoms with Gasteiger partial charge in [-0.15, -0.1) is 0 Å². The number of benzene rings is 2. The van der Waals surface area contributed by atoms with E-state index in [1.54, 1.807) is 0 Å². The Balaban J connectivity index is 1.76. The molecule has 0 saturated carbocycles. The molecular weight excluding hydrogens is 314 g/mol. The predicted molar refractivity (Wildman–Crippen MR) is 85.9 cm³/mol. The van der Waals surface area contributed by atoms with Gasteiger partial charge in [0.1, 0.15) is 0 Å². The van der Waals surface area contributed by atoms with Crippen molar-refractivity contribution >= 4 is 21.6 Å². The summed E-state index contributed by atoms with van der Waals surface area (Å²) in [5.74, 6) is 0. The van der Waals surface area contributed by atoms with Gasteiger partial charge in [-0.3, -0.25) is 0 Å². The molecule has 1 atom stereocenters. The van der Waals surface area contributed by atoms with E-state index in [0.29, 0.717) is 6.04 Å². The van der Waals surface area contributed by atoms with Crippen molar-refractivity contribution < 1.29 is 5.11 Å². The van der Waals surface area contributed by atoms with Gasteiger partial charge in [-0.25, -0.2) is 0 Å². The molecule has 0 heterocycles. The Labute approximate surface area is 128 Å². The lowest BCUT2D eigenvalue weighted by Crippen LogP contribution is -2.27. The highest BCUT2D eigenvalue weighted by Gasteiger charge is 2.19. The maximum atomic E-state index is 9.39. The van der Waals surface area contributed by atoms with Crippen molar-refractivity contribution in [3.05, 3.63) is 63.6 Å². The van der Waals surface area contributed by atoms with Crippen molar-refractivity contribution in [1.82, 2.24) is 0 Å². The Morgan fingerprint density at radius 1 is 1.15 bits per heavy atom. The first-order chi connectivity index (χ1) is 9.76. The van der Waals surface area contributed by atoms with Gasteiger partial charge < -0.3 is 10.4 Å². The summed E-state index contributed by atoms with van der Waals surface area (Å²) < 4.78 is 1.16. The lowest BCUT2D eigenvalue weighted by atomic mass is 9.88. The fourth-order valence-electron chi connectivity index (χ4n) is 2.87. The summed E-state index contributed by atoms with van der Waals surface area (Å²) in [5, 5.41) is 13.0. The molecule has 0 radical (unpaired) electrons. The number of halogens is 1. The first-order valence-corrected chi connectivity index (χ1v) is 7.78. The van der Waals surface area contributed by atoms with Gasteiger partial charge >= 0.3 is 0 Å². The largest absolute Gasteiger partial charge is 0.392 e. The highest BCUT2D eigenvalue weighted by atomic mass is 79.9. The van der Waals surface area contributed by atoms with Gasteiger partial charge in [0.25, 0.3) is 0 Å². The Hall–Kier alpha value is -1.32. The molecule has 1 unspecified atom stereocenters. The van der Waals surface area contributed by atoms with E-state index in [0.717, 1.165) is 35.0 Å². The molecule has 2 N–H and O–H groups in total. The van der Waals surface area contributed by atoms with Crippen LogP contribution in [0.1, 0.15) is 23.1 Å². The number of hydrogen-bond acceptors (Lipinski definition) is 2. The smallest absolute Gasteiger partial charge is 0.0701 e. The first kappa shape index (κ1) is 13.7. The maximum Gasteiger partial charge on any atom is 0.0701 e. The van der Waals surface area contributed by atoms with Crippen molar-refractivity contribution in [3.63, 3.8) is 0 Å². The maximum absolute atomic E-state index is 9.39. The molecule has 104 valence electrons. The summed E-state index contributed by atoms with van der Waals surface area (Å²) in [6, 6.07) is 15.0. The molecule has 2 aromatic rings. The van der Waals surface area contributed by atoms with Crippen LogP contribution in [0.3, 0.4) is 0 Å².